The second kappa shape index (κ2) is 10.3. The predicted molar refractivity (Wildman–Crippen MR) is 138 cm³/mol. The van der Waals surface area contributed by atoms with E-state index in [2.05, 4.69) is 10.3 Å². The molecule has 6 rings (SSSR count). The molecule has 3 aliphatic rings. The molecule has 3 aliphatic heterocycles. The molecule has 1 unspecified atom stereocenters. The first kappa shape index (κ1) is 28.2. The van der Waals surface area contributed by atoms with Crippen LogP contribution in [-0.2, 0) is 14.4 Å². The number of nitrogens with one attached hydrogen (secondary N) is 1. The number of nitrogens with zero attached hydrogens (tertiary/aromatic N) is 3. The number of nitrogens with two attached hydrogens (primary N) is 1. The van der Waals surface area contributed by atoms with Gasteiger partial charge in [0.15, 0.2) is 0 Å². The van der Waals surface area contributed by atoms with Gasteiger partial charge in [-0.25, -0.2) is 4.98 Å². The molecule has 0 aliphatic carbocycles. The van der Waals surface area contributed by atoms with Gasteiger partial charge in [0, 0.05) is 29.5 Å². The standard InChI is InChI=1S/C27H25N5O6S.Na/c1-11-19(23(27(37)38)32-22(11)20(12(2)33)25(32)36)17-9-31-10-30-21(26(31)39-17)24(35)15-8-29-16(7-18(28)34)14-6-4-3-5-13(14)15;/h3-6,8-12,16,20,22,29,33H,7H2,1-2H3,(H2,28,34)(H,37,38);/q;+1/p-1/t11-,12+,16?,20+,22+;/m0./s1. The van der Waals surface area contributed by atoms with Gasteiger partial charge in [0.25, 0.3) is 0 Å². The minimum atomic E-state index is -1.47. The zero-order chi connectivity index (χ0) is 27.7. The molecule has 5 heterocycles. The van der Waals surface area contributed by atoms with E-state index >= 15 is 0 Å². The largest absolute Gasteiger partial charge is 1.00 e. The molecule has 11 nitrogen and oxygen atoms in total. The number of amides is 2. The molecular formula is C27H24N5NaO6S. The van der Waals surface area contributed by atoms with Crippen molar-refractivity contribution < 1.29 is 58.9 Å². The number of carbonyl (C=O) groups excluding carboxylic acids is 4. The molecule has 1 fully saturated rings. The van der Waals surface area contributed by atoms with Crippen molar-refractivity contribution in [3.05, 3.63) is 70.4 Å². The van der Waals surface area contributed by atoms with Crippen molar-refractivity contribution in [1.82, 2.24) is 19.6 Å². The number of aromatic nitrogens is 2. The first-order valence-electron chi connectivity index (χ1n) is 12.4. The van der Waals surface area contributed by atoms with E-state index in [-0.39, 0.29) is 65.1 Å². The van der Waals surface area contributed by atoms with Crippen LogP contribution in [0.2, 0.25) is 0 Å². The zero-order valence-corrected chi connectivity index (χ0v) is 24.8. The Morgan fingerprint density at radius 3 is 2.67 bits per heavy atom. The van der Waals surface area contributed by atoms with Crippen LogP contribution in [0.15, 0.2) is 48.7 Å². The minimum Gasteiger partial charge on any atom is -0.543 e. The molecule has 13 heteroatoms. The van der Waals surface area contributed by atoms with Crippen LogP contribution in [-0.4, -0.2) is 55.1 Å². The molecule has 1 saturated heterocycles. The van der Waals surface area contributed by atoms with Crippen molar-refractivity contribution in [2.24, 2.45) is 17.6 Å². The maximum absolute atomic E-state index is 13.7. The average molecular weight is 570 g/mol. The van der Waals surface area contributed by atoms with E-state index in [0.717, 1.165) is 5.56 Å². The fourth-order valence-corrected chi connectivity index (χ4v) is 7.26. The van der Waals surface area contributed by atoms with Crippen molar-refractivity contribution >= 4 is 50.9 Å². The monoisotopic (exact) mass is 569 g/mol. The summed E-state index contributed by atoms with van der Waals surface area (Å²) in [5, 5.41) is 25.4. The number of aliphatic hydroxyl groups is 1. The number of allylic oxidation sites excluding steroid dienone is 1. The predicted octanol–water partition coefficient (Wildman–Crippen LogP) is -2.54. The van der Waals surface area contributed by atoms with E-state index in [9.17, 15) is 29.4 Å². The summed E-state index contributed by atoms with van der Waals surface area (Å²) >= 11 is 1.20. The van der Waals surface area contributed by atoms with Crippen LogP contribution in [0.5, 0.6) is 0 Å². The van der Waals surface area contributed by atoms with Gasteiger partial charge in [-0.05, 0) is 18.1 Å². The van der Waals surface area contributed by atoms with Crippen LogP contribution in [0.4, 0.5) is 0 Å². The van der Waals surface area contributed by atoms with E-state index in [1.165, 1.54) is 29.5 Å². The Bertz CT molecular complexity index is 1660. The maximum atomic E-state index is 13.7. The topological polar surface area (TPSA) is 170 Å². The molecule has 4 N–H and O–H groups in total. The molecule has 0 bridgehead atoms. The number of carboxylic acid groups (broad SMARTS) is 1. The number of carbonyl (C=O) groups is 4. The molecule has 40 heavy (non-hydrogen) atoms. The summed E-state index contributed by atoms with van der Waals surface area (Å²) < 4.78 is 1.65. The Morgan fingerprint density at radius 2 is 2.00 bits per heavy atom. The van der Waals surface area contributed by atoms with Gasteiger partial charge in [0.05, 0.1) is 47.1 Å². The van der Waals surface area contributed by atoms with Crippen LogP contribution in [0.25, 0.3) is 16.0 Å². The number of Topliss-reactive ketones (excluding diaryl/α,β-unsaturated/α-hetero) is 1. The van der Waals surface area contributed by atoms with Crippen LogP contribution in [0, 0.1) is 11.8 Å². The number of ketones is 1. The van der Waals surface area contributed by atoms with Gasteiger partial charge < -0.3 is 31.0 Å². The fourth-order valence-electron chi connectivity index (χ4n) is 6.05. The third-order valence-corrected chi connectivity index (χ3v) is 8.91. The Kier molecular flexibility index (Phi) is 7.26. The summed E-state index contributed by atoms with van der Waals surface area (Å²) in [6.07, 6.45) is 3.90. The van der Waals surface area contributed by atoms with E-state index in [1.807, 2.05) is 19.1 Å². The summed E-state index contributed by atoms with van der Waals surface area (Å²) in [6.45, 7) is 3.34. The number of imidazole rings is 1. The van der Waals surface area contributed by atoms with E-state index in [0.29, 0.717) is 26.4 Å². The van der Waals surface area contributed by atoms with E-state index < -0.39 is 35.8 Å². The zero-order valence-electron chi connectivity index (χ0n) is 22.0. The van der Waals surface area contributed by atoms with Crippen LogP contribution in [0.3, 0.4) is 0 Å². The number of rotatable bonds is 7. The van der Waals surface area contributed by atoms with Crippen LogP contribution < -0.4 is 45.7 Å². The number of primary amides is 1. The van der Waals surface area contributed by atoms with Gasteiger partial charge >= 0.3 is 29.6 Å². The molecule has 5 atom stereocenters. The van der Waals surface area contributed by atoms with Gasteiger partial charge in [0.1, 0.15) is 16.9 Å². The normalized spacial score (nSPS) is 23.9. The Hall–Kier alpha value is -3.29. The summed E-state index contributed by atoms with van der Waals surface area (Å²) in [7, 11) is 0. The maximum Gasteiger partial charge on any atom is 1.00 e. The number of aliphatic carboxylic acids is 1. The first-order chi connectivity index (χ1) is 18.6. The second-order valence-corrected chi connectivity index (χ2v) is 11.1. The van der Waals surface area contributed by atoms with Crippen molar-refractivity contribution in [3.63, 3.8) is 0 Å². The number of benzene rings is 1. The number of fused-ring (bicyclic) bond motifs is 3. The smallest absolute Gasteiger partial charge is 0.543 e. The molecule has 1 aromatic carbocycles. The minimum absolute atomic E-state index is 0. The Morgan fingerprint density at radius 1 is 1.27 bits per heavy atom. The molecule has 200 valence electrons. The fraction of sp³-hybridized carbons (Fsp3) is 0.296. The number of hydrogen-bond acceptors (Lipinski definition) is 9. The molecule has 2 amide bonds. The summed E-state index contributed by atoms with van der Waals surface area (Å²) in [6, 6.07) is 6.43. The van der Waals surface area contributed by atoms with Crippen molar-refractivity contribution in [2.75, 3.05) is 0 Å². The number of carboxylic acids is 1. The number of hydrogen-bond donors (Lipinski definition) is 3. The molecule has 0 saturated carbocycles. The molecule has 2 aromatic heterocycles. The first-order valence-corrected chi connectivity index (χ1v) is 13.2. The van der Waals surface area contributed by atoms with Crippen molar-refractivity contribution in [3.8, 4) is 0 Å². The van der Waals surface area contributed by atoms with E-state index in [1.54, 1.807) is 28.9 Å². The number of β-lactam (4-membered cyclic amide) rings is 1. The molecule has 0 spiro atoms. The molecule has 3 aromatic rings. The summed E-state index contributed by atoms with van der Waals surface area (Å²) in [4.78, 5) is 56.8. The molecular weight excluding hydrogens is 545 g/mol. The summed E-state index contributed by atoms with van der Waals surface area (Å²) in [5.41, 5.74) is 7.64. The summed E-state index contributed by atoms with van der Waals surface area (Å²) in [5.74, 6) is -3.78. The third-order valence-electron chi connectivity index (χ3n) is 7.76. The van der Waals surface area contributed by atoms with Gasteiger partial charge in [-0.2, -0.15) is 0 Å². The quantitative estimate of drug-likeness (QED) is 0.159. The van der Waals surface area contributed by atoms with Gasteiger partial charge in [0.2, 0.25) is 17.6 Å². The van der Waals surface area contributed by atoms with Crippen molar-refractivity contribution in [1.29, 1.82) is 0 Å². The number of thiazole rings is 1. The van der Waals surface area contributed by atoms with E-state index in [4.69, 9.17) is 5.73 Å². The van der Waals surface area contributed by atoms with Crippen molar-refractivity contribution in [2.45, 2.75) is 38.5 Å². The average Bonchev–Trinajstić information content (AvgIpc) is 3.53. The molecule has 0 radical (unpaired) electrons. The SMILES string of the molecule is C[C@@H](O)[C@H]1C(=O)N2C(C(=O)[O-])=C(c3cn4cnc(C(=O)C5=CNC(CC(N)=O)c6ccccc65)c4s3)[C@H](C)[C@H]12.[Na+]. The van der Waals surface area contributed by atoms with Crippen LogP contribution in [0.1, 0.15) is 52.8 Å². The van der Waals surface area contributed by atoms with Crippen LogP contribution >= 0.6 is 11.3 Å². The Labute approximate surface area is 254 Å². The van der Waals surface area contributed by atoms with Gasteiger partial charge in [-0.15, -0.1) is 11.3 Å². The van der Waals surface area contributed by atoms with Gasteiger partial charge in [-0.3, -0.25) is 18.8 Å². The Balaban J connectivity index is 0.00000323. The second-order valence-electron chi connectivity index (χ2n) is 10.1. The number of aliphatic hydroxyl groups excluding tert-OH is 1. The van der Waals surface area contributed by atoms with Gasteiger partial charge in [-0.1, -0.05) is 31.2 Å². The third kappa shape index (κ3) is 4.13.